The molecule has 0 spiro atoms. The number of primary amides is 1. The van der Waals surface area contributed by atoms with Crippen LogP contribution in [-0.2, 0) is 4.79 Å². The molecule has 1 amide bonds. The zero-order valence-corrected chi connectivity index (χ0v) is 9.38. The number of amides is 1. The molecule has 82 valence electrons. The maximum atomic E-state index is 11.0. The van der Waals surface area contributed by atoms with Crippen LogP contribution in [0.3, 0.4) is 0 Å². The van der Waals surface area contributed by atoms with Crippen LogP contribution in [0.1, 0.15) is 6.42 Å². The molecule has 1 aromatic rings. The molecule has 5 nitrogen and oxygen atoms in total. The van der Waals surface area contributed by atoms with Crippen molar-refractivity contribution in [3.8, 4) is 0 Å². The van der Waals surface area contributed by atoms with Crippen molar-refractivity contribution < 1.29 is 9.90 Å². The van der Waals surface area contributed by atoms with Crippen molar-refractivity contribution in [1.82, 2.24) is 4.98 Å². The molecular weight excluding hydrogens is 238 g/mol. The van der Waals surface area contributed by atoms with Crippen LogP contribution in [0, 0.1) is 0 Å². The fourth-order valence-electron chi connectivity index (χ4n) is 1.55. The van der Waals surface area contributed by atoms with Gasteiger partial charge < -0.3 is 15.7 Å². The molecule has 15 heavy (non-hydrogen) atoms. The first kappa shape index (κ1) is 10.7. The van der Waals surface area contributed by atoms with E-state index in [2.05, 4.69) is 4.98 Å². The van der Waals surface area contributed by atoms with Crippen LogP contribution in [0.15, 0.2) is 5.38 Å². The van der Waals surface area contributed by atoms with Gasteiger partial charge >= 0.3 is 0 Å². The molecule has 3 N–H and O–H groups in total. The molecule has 1 aromatic heterocycles. The van der Waals surface area contributed by atoms with Crippen LogP contribution in [0.25, 0.3) is 0 Å². The van der Waals surface area contributed by atoms with Crippen molar-refractivity contribution in [2.45, 2.75) is 12.0 Å². The number of nitrogens with zero attached hydrogens (tertiary/aromatic N) is 2. The van der Waals surface area contributed by atoms with Gasteiger partial charge in [0.2, 0.25) is 0 Å². The lowest BCUT2D eigenvalue weighted by molar-refractivity contribution is -0.134. The monoisotopic (exact) mass is 247 g/mol. The first-order chi connectivity index (χ1) is 7.01. The third-order valence-corrected chi connectivity index (χ3v) is 3.67. The lowest BCUT2D eigenvalue weighted by Gasteiger charge is -2.19. The molecule has 0 radical (unpaired) electrons. The first-order valence-corrected chi connectivity index (χ1v) is 5.65. The lowest BCUT2D eigenvalue weighted by atomic mass is 10.0. The number of aliphatic hydroxyl groups is 1. The Balaban J connectivity index is 2.14. The number of hydrogen-bond donors (Lipinski definition) is 2. The minimum absolute atomic E-state index is 0.187. The summed E-state index contributed by atoms with van der Waals surface area (Å²) in [5, 5.41) is 12.7. The highest BCUT2D eigenvalue weighted by molar-refractivity contribution is 7.14. The molecule has 1 aliphatic rings. The normalized spacial score (nSPS) is 25.9. The highest BCUT2D eigenvalue weighted by Gasteiger charge is 2.42. The van der Waals surface area contributed by atoms with Gasteiger partial charge in [0.15, 0.2) is 10.7 Å². The quantitative estimate of drug-likeness (QED) is 0.784. The summed E-state index contributed by atoms with van der Waals surface area (Å²) in [5.74, 6) is -0.687. The van der Waals surface area contributed by atoms with Crippen molar-refractivity contribution in [3.63, 3.8) is 0 Å². The second kappa shape index (κ2) is 3.62. The average molecular weight is 248 g/mol. The van der Waals surface area contributed by atoms with Crippen LogP contribution in [0.4, 0.5) is 5.13 Å². The van der Waals surface area contributed by atoms with E-state index >= 15 is 0 Å². The summed E-state index contributed by atoms with van der Waals surface area (Å²) in [5.41, 5.74) is 3.69. The Morgan fingerprint density at radius 1 is 1.80 bits per heavy atom. The molecule has 1 aliphatic heterocycles. The summed E-state index contributed by atoms with van der Waals surface area (Å²) in [6.07, 6.45) is 0.333. The number of anilines is 1. The van der Waals surface area contributed by atoms with Crippen LogP contribution < -0.4 is 10.6 Å². The standard InChI is InChI=1S/C8H10ClN3O2S/c9-5-3-15-7(11-5)12-2-1-8(14,4-12)6(10)13/h3,14H,1-2,4H2,(H2,10,13). The Bertz CT molecular complexity index is 397. The van der Waals surface area contributed by atoms with Crippen molar-refractivity contribution in [1.29, 1.82) is 0 Å². The smallest absolute Gasteiger partial charge is 0.251 e. The second-order valence-corrected chi connectivity index (χ2v) is 4.74. The van der Waals surface area contributed by atoms with Gasteiger partial charge in [-0.2, -0.15) is 0 Å². The molecule has 1 atom stereocenters. The molecule has 0 aliphatic carbocycles. The molecule has 0 saturated carbocycles. The van der Waals surface area contributed by atoms with Crippen LogP contribution in [-0.4, -0.2) is 34.7 Å². The molecule has 2 heterocycles. The van der Waals surface area contributed by atoms with Gasteiger partial charge in [0.1, 0.15) is 5.15 Å². The topological polar surface area (TPSA) is 79.5 Å². The SMILES string of the molecule is NC(=O)C1(O)CCN(c2nc(Cl)cs2)C1. The van der Waals surface area contributed by atoms with E-state index in [-0.39, 0.29) is 6.54 Å². The number of halogens is 1. The van der Waals surface area contributed by atoms with E-state index in [0.717, 1.165) is 0 Å². The number of carbonyl (C=O) groups is 1. The third-order valence-electron chi connectivity index (χ3n) is 2.44. The Morgan fingerprint density at radius 2 is 2.53 bits per heavy atom. The molecule has 1 fully saturated rings. The van der Waals surface area contributed by atoms with E-state index in [1.54, 1.807) is 10.3 Å². The van der Waals surface area contributed by atoms with Crippen LogP contribution in [0.5, 0.6) is 0 Å². The highest BCUT2D eigenvalue weighted by Crippen LogP contribution is 2.30. The third kappa shape index (κ3) is 1.92. The van der Waals surface area contributed by atoms with Crippen molar-refractivity contribution in [2.24, 2.45) is 5.73 Å². The molecule has 1 unspecified atom stereocenters. The van der Waals surface area contributed by atoms with Gasteiger partial charge in [0, 0.05) is 18.3 Å². The maximum Gasteiger partial charge on any atom is 0.251 e. The van der Waals surface area contributed by atoms with E-state index in [4.69, 9.17) is 17.3 Å². The minimum Gasteiger partial charge on any atom is -0.378 e. The highest BCUT2D eigenvalue weighted by atomic mass is 35.5. The van der Waals surface area contributed by atoms with Gasteiger partial charge in [-0.25, -0.2) is 4.98 Å². The predicted octanol–water partition coefficient (Wildman–Crippen LogP) is 0.223. The summed E-state index contributed by atoms with van der Waals surface area (Å²) in [7, 11) is 0. The van der Waals surface area contributed by atoms with Gasteiger partial charge in [0.25, 0.3) is 5.91 Å². The molecule has 0 bridgehead atoms. The summed E-state index contributed by atoms with van der Waals surface area (Å²) in [4.78, 5) is 16.9. The summed E-state index contributed by atoms with van der Waals surface area (Å²) >= 11 is 7.07. The minimum atomic E-state index is -1.43. The number of aromatic nitrogens is 1. The molecule has 0 aromatic carbocycles. The summed E-state index contributed by atoms with van der Waals surface area (Å²) in [6, 6.07) is 0. The number of β-amino-alcohol motifs (C(OH)–C–C–N with tert-alkyl or cyclic N) is 1. The number of nitrogens with two attached hydrogens (primary N) is 1. The van der Waals surface area contributed by atoms with E-state index in [1.165, 1.54) is 11.3 Å². The van der Waals surface area contributed by atoms with Crippen LogP contribution in [0.2, 0.25) is 5.15 Å². The largest absolute Gasteiger partial charge is 0.378 e. The maximum absolute atomic E-state index is 11.0. The Hall–Kier alpha value is -0.850. The van der Waals surface area contributed by atoms with Crippen molar-refractivity contribution >= 4 is 34.0 Å². The number of hydrogen-bond acceptors (Lipinski definition) is 5. The zero-order valence-electron chi connectivity index (χ0n) is 7.81. The van der Waals surface area contributed by atoms with E-state index < -0.39 is 11.5 Å². The van der Waals surface area contributed by atoms with Gasteiger partial charge in [-0.1, -0.05) is 11.6 Å². The van der Waals surface area contributed by atoms with E-state index in [9.17, 15) is 9.90 Å². The van der Waals surface area contributed by atoms with E-state index in [0.29, 0.717) is 23.3 Å². The van der Waals surface area contributed by atoms with Gasteiger partial charge in [-0.15, -0.1) is 11.3 Å². The fourth-order valence-corrected chi connectivity index (χ4v) is 2.52. The summed E-state index contributed by atoms with van der Waals surface area (Å²) in [6.45, 7) is 0.745. The fraction of sp³-hybridized carbons (Fsp3) is 0.500. The molecule has 1 saturated heterocycles. The Labute approximate surface area is 95.5 Å². The second-order valence-electron chi connectivity index (χ2n) is 3.52. The van der Waals surface area contributed by atoms with E-state index in [1.807, 2.05) is 0 Å². The number of carbonyl (C=O) groups excluding carboxylic acids is 1. The number of rotatable bonds is 2. The van der Waals surface area contributed by atoms with Gasteiger partial charge in [-0.3, -0.25) is 4.79 Å². The molecule has 2 rings (SSSR count). The lowest BCUT2D eigenvalue weighted by Crippen LogP contribution is -2.46. The van der Waals surface area contributed by atoms with Gasteiger partial charge in [-0.05, 0) is 0 Å². The molecule has 7 heteroatoms. The average Bonchev–Trinajstić information content (AvgIpc) is 2.73. The predicted molar refractivity (Wildman–Crippen MR) is 58.1 cm³/mol. The Morgan fingerprint density at radius 3 is 3.00 bits per heavy atom. The van der Waals surface area contributed by atoms with Crippen molar-refractivity contribution in [2.75, 3.05) is 18.0 Å². The van der Waals surface area contributed by atoms with Crippen molar-refractivity contribution in [3.05, 3.63) is 10.5 Å². The first-order valence-electron chi connectivity index (χ1n) is 4.39. The summed E-state index contributed by atoms with van der Waals surface area (Å²) < 4.78 is 0. The zero-order chi connectivity index (χ0) is 11.1. The Kier molecular flexibility index (Phi) is 2.57. The van der Waals surface area contributed by atoms with Crippen LogP contribution >= 0.6 is 22.9 Å². The van der Waals surface area contributed by atoms with Gasteiger partial charge in [0.05, 0.1) is 6.54 Å². The molecular formula is C8H10ClN3O2S. The number of thiazole rings is 1.